The van der Waals surface area contributed by atoms with E-state index < -0.39 is 0 Å². The molecule has 0 bridgehead atoms. The van der Waals surface area contributed by atoms with Gasteiger partial charge in [0.15, 0.2) is 5.75 Å². The molecule has 0 heterocycles. The number of ether oxygens (including phenoxy) is 1. The predicted molar refractivity (Wildman–Crippen MR) is 111 cm³/mol. The number of nitrogens with one attached hydrogen (secondary N) is 2. The Hall–Kier alpha value is -3.47. The summed E-state index contributed by atoms with van der Waals surface area (Å²) in [6.45, 7) is 0.168. The molecule has 0 aliphatic carbocycles. The highest BCUT2D eigenvalue weighted by Crippen LogP contribution is 2.29. The van der Waals surface area contributed by atoms with E-state index in [4.69, 9.17) is 4.74 Å². The Kier molecular flexibility index (Phi) is 5.94. The maximum Gasteiger partial charge on any atom is 0.243 e. The van der Waals surface area contributed by atoms with Crippen molar-refractivity contribution in [3.8, 4) is 11.5 Å². The van der Waals surface area contributed by atoms with Crippen molar-refractivity contribution in [1.29, 1.82) is 0 Å². The van der Waals surface area contributed by atoms with Crippen molar-refractivity contribution in [1.82, 2.24) is 0 Å². The second kappa shape index (κ2) is 8.76. The SMILES string of the molecule is CN(C)c1ccc(NCC(=O)Nc2ccccc2Oc2ccccc2)cc1. The number of carbonyl (C=O) groups is 1. The lowest BCUT2D eigenvalue weighted by atomic mass is 10.2. The molecule has 2 N–H and O–H groups in total. The normalized spacial score (nSPS) is 10.1. The molecule has 1 amide bonds. The zero-order valence-electron chi connectivity index (χ0n) is 15.5. The molecule has 5 nitrogen and oxygen atoms in total. The molecule has 0 fully saturated rings. The number of carbonyl (C=O) groups excluding carboxylic acids is 1. The first-order valence-electron chi connectivity index (χ1n) is 8.75. The van der Waals surface area contributed by atoms with E-state index in [-0.39, 0.29) is 12.5 Å². The van der Waals surface area contributed by atoms with Gasteiger partial charge >= 0.3 is 0 Å². The zero-order chi connectivity index (χ0) is 19.1. The first kappa shape index (κ1) is 18.3. The van der Waals surface area contributed by atoms with Gasteiger partial charge in [-0.1, -0.05) is 30.3 Å². The summed E-state index contributed by atoms with van der Waals surface area (Å²) in [5.74, 6) is 1.18. The molecule has 0 radical (unpaired) electrons. The Morgan fingerprint density at radius 3 is 2.26 bits per heavy atom. The lowest BCUT2D eigenvalue weighted by Crippen LogP contribution is -2.22. The molecule has 0 atom stereocenters. The van der Waals surface area contributed by atoms with Crippen LogP contribution in [0.2, 0.25) is 0 Å². The molecule has 5 heteroatoms. The van der Waals surface area contributed by atoms with E-state index in [1.165, 1.54) is 0 Å². The van der Waals surface area contributed by atoms with Crippen molar-refractivity contribution in [2.45, 2.75) is 0 Å². The maximum atomic E-state index is 12.3. The highest BCUT2D eigenvalue weighted by atomic mass is 16.5. The van der Waals surface area contributed by atoms with E-state index in [2.05, 4.69) is 10.6 Å². The smallest absolute Gasteiger partial charge is 0.243 e. The fourth-order valence-electron chi connectivity index (χ4n) is 2.53. The van der Waals surface area contributed by atoms with Gasteiger partial charge in [-0.2, -0.15) is 0 Å². The molecule has 138 valence electrons. The number of benzene rings is 3. The van der Waals surface area contributed by atoms with Gasteiger partial charge in [0, 0.05) is 25.5 Å². The van der Waals surface area contributed by atoms with Crippen LogP contribution in [0.1, 0.15) is 0 Å². The maximum absolute atomic E-state index is 12.3. The van der Waals surface area contributed by atoms with Crippen molar-refractivity contribution in [3.05, 3.63) is 78.9 Å². The summed E-state index contributed by atoms with van der Waals surface area (Å²) in [6, 6.07) is 24.8. The van der Waals surface area contributed by atoms with E-state index in [1.807, 2.05) is 97.9 Å². The minimum absolute atomic E-state index is 0.143. The first-order valence-corrected chi connectivity index (χ1v) is 8.75. The van der Waals surface area contributed by atoms with Crippen molar-refractivity contribution in [2.24, 2.45) is 0 Å². The highest BCUT2D eigenvalue weighted by molar-refractivity contribution is 5.95. The number of hydrogen-bond donors (Lipinski definition) is 2. The molecule has 0 spiro atoms. The molecule has 0 aliphatic rings. The lowest BCUT2D eigenvalue weighted by molar-refractivity contribution is -0.114. The number of para-hydroxylation sites is 3. The molecule has 0 aromatic heterocycles. The number of amides is 1. The molecular weight excluding hydrogens is 338 g/mol. The average molecular weight is 361 g/mol. The summed E-state index contributed by atoms with van der Waals surface area (Å²) >= 11 is 0. The van der Waals surface area contributed by atoms with Crippen LogP contribution in [0.15, 0.2) is 78.9 Å². The van der Waals surface area contributed by atoms with E-state index in [1.54, 1.807) is 0 Å². The van der Waals surface area contributed by atoms with Gasteiger partial charge in [0.05, 0.1) is 12.2 Å². The summed E-state index contributed by atoms with van der Waals surface area (Å²) < 4.78 is 5.87. The summed E-state index contributed by atoms with van der Waals surface area (Å²) in [6.07, 6.45) is 0. The van der Waals surface area contributed by atoms with Gasteiger partial charge in [-0.3, -0.25) is 4.79 Å². The summed E-state index contributed by atoms with van der Waals surface area (Å²) in [5, 5.41) is 6.02. The predicted octanol–water partition coefficient (Wildman–Crippen LogP) is 4.60. The van der Waals surface area contributed by atoms with Crippen LogP contribution in [-0.4, -0.2) is 26.5 Å². The Bertz CT molecular complexity index is 878. The van der Waals surface area contributed by atoms with Crippen LogP contribution >= 0.6 is 0 Å². The van der Waals surface area contributed by atoms with Crippen LogP contribution in [0.4, 0.5) is 17.1 Å². The third-order valence-corrected chi connectivity index (χ3v) is 3.97. The van der Waals surface area contributed by atoms with E-state index >= 15 is 0 Å². The van der Waals surface area contributed by atoms with Gasteiger partial charge in [0.2, 0.25) is 5.91 Å². The van der Waals surface area contributed by atoms with E-state index in [9.17, 15) is 4.79 Å². The van der Waals surface area contributed by atoms with Crippen LogP contribution in [-0.2, 0) is 4.79 Å². The molecule has 0 aliphatic heterocycles. The van der Waals surface area contributed by atoms with E-state index in [0.717, 1.165) is 17.1 Å². The largest absolute Gasteiger partial charge is 0.455 e. The first-order chi connectivity index (χ1) is 13.1. The lowest BCUT2D eigenvalue weighted by Gasteiger charge is -2.14. The van der Waals surface area contributed by atoms with Crippen molar-refractivity contribution in [2.75, 3.05) is 36.2 Å². The van der Waals surface area contributed by atoms with Crippen molar-refractivity contribution >= 4 is 23.0 Å². The number of anilines is 3. The number of nitrogens with zero attached hydrogens (tertiary/aromatic N) is 1. The molecule has 3 aromatic carbocycles. The fraction of sp³-hybridized carbons (Fsp3) is 0.136. The molecule has 0 unspecified atom stereocenters. The van der Waals surface area contributed by atoms with Gasteiger partial charge in [0.1, 0.15) is 5.75 Å². The molecule has 3 rings (SSSR count). The molecular formula is C22H23N3O2. The Balaban J connectivity index is 1.59. The fourth-order valence-corrected chi connectivity index (χ4v) is 2.53. The van der Waals surface area contributed by atoms with Gasteiger partial charge in [0.25, 0.3) is 0 Å². The van der Waals surface area contributed by atoms with E-state index in [0.29, 0.717) is 11.4 Å². The van der Waals surface area contributed by atoms with Crippen LogP contribution in [0.3, 0.4) is 0 Å². The minimum Gasteiger partial charge on any atom is -0.455 e. The van der Waals surface area contributed by atoms with Crippen LogP contribution in [0.25, 0.3) is 0 Å². The second-order valence-corrected chi connectivity index (χ2v) is 6.25. The van der Waals surface area contributed by atoms with Gasteiger partial charge < -0.3 is 20.3 Å². The molecule has 0 saturated heterocycles. The molecule has 0 saturated carbocycles. The summed E-state index contributed by atoms with van der Waals surface area (Å²) in [4.78, 5) is 14.4. The number of hydrogen-bond acceptors (Lipinski definition) is 4. The average Bonchev–Trinajstić information content (AvgIpc) is 2.69. The molecule has 27 heavy (non-hydrogen) atoms. The third-order valence-electron chi connectivity index (χ3n) is 3.97. The minimum atomic E-state index is -0.143. The Morgan fingerprint density at radius 1 is 0.889 bits per heavy atom. The van der Waals surface area contributed by atoms with Gasteiger partial charge in [-0.05, 0) is 48.5 Å². The topological polar surface area (TPSA) is 53.6 Å². The number of rotatable bonds is 7. The zero-order valence-corrected chi connectivity index (χ0v) is 15.5. The monoisotopic (exact) mass is 361 g/mol. The van der Waals surface area contributed by atoms with Crippen molar-refractivity contribution < 1.29 is 9.53 Å². The molecule has 3 aromatic rings. The van der Waals surface area contributed by atoms with Gasteiger partial charge in [-0.25, -0.2) is 0 Å². The van der Waals surface area contributed by atoms with Crippen LogP contribution in [0.5, 0.6) is 11.5 Å². The van der Waals surface area contributed by atoms with Gasteiger partial charge in [-0.15, -0.1) is 0 Å². The highest BCUT2D eigenvalue weighted by Gasteiger charge is 2.08. The quantitative estimate of drug-likeness (QED) is 0.646. The summed E-state index contributed by atoms with van der Waals surface area (Å²) in [7, 11) is 3.98. The third kappa shape index (κ3) is 5.25. The summed E-state index contributed by atoms with van der Waals surface area (Å²) in [5.41, 5.74) is 2.64. The second-order valence-electron chi connectivity index (χ2n) is 6.25. The Morgan fingerprint density at radius 2 is 1.56 bits per heavy atom. The van der Waals surface area contributed by atoms with Crippen LogP contribution in [0, 0.1) is 0 Å². The Labute approximate surface area is 159 Å². The standard InChI is InChI=1S/C22H23N3O2/c1-25(2)18-14-12-17(13-15-18)23-16-22(26)24-20-10-6-7-11-21(20)27-19-8-4-3-5-9-19/h3-15,23H,16H2,1-2H3,(H,24,26). The van der Waals surface area contributed by atoms with Crippen LogP contribution < -0.4 is 20.3 Å². The van der Waals surface area contributed by atoms with Crippen molar-refractivity contribution in [3.63, 3.8) is 0 Å².